The van der Waals surface area contributed by atoms with Crippen molar-refractivity contribution in [2.24, 2.45) is 11.8 Å². The van der Waals surface area contributed by atoms with Crippen molar-refractivity contribution < 1.29 is 22.7 Å². The lowest BCUT2D eigenvalue weighted by atomic mass is 9.78. The monoisotopic (exact) mass is 558 g/mol. The summed E-state index contributed by atoms with van der Waals surface area (Å²) >= 11 is 1.56. The van der Waals surface area contributed by atoms with Gasteiger partial charge >= 0.3 is 6.36 Å². The summed E-state index contributed by atoms with van der Waals surface area (Å²) in [5.74, 6) is 1.49. The first-order valence-corrected chi connectivity index (χ1v) is 14.2. The number of fused-ring (bicyclic) bond motifs is 1. The average Bonchev–Trinajstić information content (AvgIpc) is 3.35. The molecule has 1 aliphatic carbocycles. The predicted molar refractivity (Wildman–Crippen MR) is 149 cm³/mol. The van der Waals surface area contributed by atoms with E-state index in [0.717, 1.165) is 45.0 Å². The molecule has 1 N–H and O–H groups in total. The Morgan fingerprint density at radius 2 is 1.82 bits per heavy atom. The zero-order valence-corrected chi connectivity index (χ0v) is 22.5. The standard InChI is InChI=1S/C29H33F3N4O2S/c30-29(31,32)38-24-9-5-6-21(18-24)12-13-27(37)33-19-22-7-1-2-8-23(22)20-35-14-16-36(17-15-35)28-25-10-3-4-11-26(25)39-34-28/h3-6,9-13,18,22-23H,1-2,7-8,14-17,19-20H2,(H,33,37)/b13-12+/t22-,23-/m1/s1. The molecule has 10 heteroatoms. The van der Waals surface area contributed by atoms with Crippen LogP contribution in [0.15, 0.2) is 54.6 Å². The van der Waals surface area contributed by atoms with Crippen LogP contribution in [0.5, 0.6) is 5.75 Å². The number of rotatable bonds is 8. The molecule has 0 bridgehead atoms. The number of ether oxygens (including phenoxy) is 1. The lowest BCUT2D eigenvalue weighted by Crippen LogP contribution is -2.49. The molecule has 2 heterocycles. The maximum atomic E-state index is 12.5. The first kappa shape index (κ1) is 27.5. The molecule has 0 unspecified atom stereocenters. The molecule has 2 atom stereocenters. The normalized spacial score (nSPS) is 20.9. The molecule has 5 rings (SSSR count). The lowest BCUT2D eigenvalue weighted by molar-refractivity contribution is -0.274. The molecule has 1 saturated carbocycles. The average molecular weight is 559 g/mol. The molecule has 1 saturated heterocycles. The molecule has 6 nitrogen and oxygen atoms in total. The fourth-order valence-electron chi connectivity index (χ4n) is 5.65. The summed E-state index contributed by atoms with van der Waals surface area (Å²) in [5.41, 5.74) is 0.465. The molecular weight excluding hydrogens is 525 g/mol. The van der Waals surface area contributed by atoms with Crippen molar-refractivity contribution in [2.75, 3.05) is 44.2 Å². The molecule has 0 radical (unpaired) electrons. The summed E-state index contributed by atoms with van der Waals surface area (Å²) in [6.07, 6.45) is 2.77. The van der Waals surface area contributed by atoms with Crippen molar-refractivity contribution in [3.8, 4) is 5.75 Å². The van der Waals surface area contributed by atoms with E-state index in [1.807, 2.05) is 0 Å². The Labute approximate surface area is 230 Å². The highest BCUT2D eigenvalue weighted by atomic mass is 32.1. The fraction of sp³-hybridized carbons (Fsp3) is 0.448. The van der Waals surface area contributed by atoms with E-state index in [9.17, 15) is 18.0 Å². The van der Waals surface area contributed by atoms with E-state index in [1.54, 1.807) is 17.6 Å². The van der Waals surface area contributed by atoms with Crippen LogP contribution in [0.25, 0.3) is 16.2 Å². The van der Waals surface area contributed by atoms with Crippen LogP contribution >= 0.6 is 11.5 Å². The molecule has 1 amide bonds. The zero-order chi connectivity index (χ0) is 27.2. The van der Waals surface area contributed by atoms with E-state index in [2.05, 4.69) is 44.1 Å². The van der Waals surface area contributed by atoms with Gasteiger partial charge in [0, 0.05) is 50.7 Å². The minimum atomic E-state index is -4.75. The quantitative estimate of drug-likeness (QED) is 0.346. The second-order valence-corrected chi connectivity index (χ2v) is 11.1. The fourth-order valence-corrected chi connectivity index (χ4v) is 6.44. The van der Waals surface area contributed by atoms with Gasteiger partial charge in [0.05, 0.1) is 4.70 Å². The largest absolute Gasteiger partial charge is 0.573 e. The van der Waals surface area contributed by atoms with Gasteiger partial charge in [-0.2, -0.15) is 4.37 Å². The number of halogens is 3. The number of carbonyl (C=O) groups excluding carboxylic acids is 1. The summed E-state index contributed by atoms with van der Waals surface area (Å²) in [7, 11) is 0. The van der Waals surface area contributed by atoms with Gasteiger partial charge in [-0.25, -0.2) is 0 Å². The van der Waals surface area contributed by atoms with Gasteiger partial charge in [0.2, 0.25) is 5.91 Å². The third kappa shape index (κ3) is 7.51. The van der Waals surface area contributed by atoms with Crippen molar-refractivity contribution in [2.45, 2.75) is 32.0 Å². The van der Waals surface area contributed by atoms with Gasteiger partial charge in [0.15, 0.2) is 0 Å². The number of hydrogen-bond donors (Lipinski definition) is 1. The van der Waals surface area contributed by atoms with Gasteiger partial charge in [0.1, 0.15) is 11.6 Å². The Hall–Kier alpha value is -3.11. The van der Waals surface area contributed by atoms with Crippen molar-refractivity contribution in [1.29, 1.82) is 0 Å². The number of piperazine rings is 1. The molecule has 1 aliphatic heterocycles. The Morgan fingerprint density at radius 1 is 1.05 bits per heavy atom. The minimum Gasteiger partial charge on any atom is -0.406 e. The van der Waals surface area contributed by atoms with E-state index < -0.39 is 6.36 Å². The smallest absolute Gasteiger partial charge is 0.406 e. The maximum absolute atomic E-state index is 12.5. The van der Waals surface area contributed by atoms with E-state index in [4.69, 9.17) is 4.37 Å². The number of anilines is 1. The van der Waals surface area contributed by atoms with E-state index in [-0.39, 0.29) is 11.7 Å². The number of amides is 1. The third-order valence-electron chi connectivity index (χ3n) is 7.65. The second kappa shape index (κ2) is 12.4. The number of nitrogens with one attached hydrogen (secondary N) is 1. The van der Waals surface area contributed by atoms with Gasteiger partial charge < -0.3 is 15.0 Å². The first-order valence-electron chi connectivity index (χ1n) is 13.5. The van der Waals surface area contributed by atoms with Crippen LogP contribution < -0.4 is 15.0 Å². The zero-order valence-electron chi connectivity index (χ0n) is 21.7. The van der Waals surface area contributed by atoms with Crippen LogP contribution in [-0.2, 0) is 4.79 Å². The molecular formula is C29H33F3N4O2S. The molecule has 2 aliphatic rings. The minimum absolute atomic E-state index is 0.245. The molecule has 3 aromatic rings. The summed E-state index contributed by atoms with van der Waals surface area (Å²) in [6, 6.07) is 14.0. The molecule has 0 spiro atoms. The summed E-state index contributed by atoms with van der Waals surface area (Å²) in [5, 5.41) is 4.25. The van der Waals surface area contributed by atoms with Crippen molar-refractivity contribution in [1.82, 2.24) is 14.6 Å². The molecule has 39 heavy (non-hydrogen) atoms. The molecule has 2 fully saturated rings. The van der Waals surface area contributed by atoms with Crippen molar-refractivity contribution in [3.05, 3.63) is 60.2 Å². The van der Waals surface area contributed by atoms with Gasteiger partial charge in [0.25, 0.3) is 0 Å². The SMILES string of the molecule is O=C(/C=C/c1cccc(OC(F)(F)F)c1)NC[C@H]1CCCC[C@@H]1CN1CCN(c2nsc3ccccc23)CC1. The Kier molecular flexibility index (Phi) is 8.72. The Balaban J connectivity index is 1.10. The molecule has 1 aromatic heterocycles. The molecule has 208 valence electrons. The summed E-state index contributed by atoms with van der Waals surface area (Å²) in [6.45, 7) is 5.57. The van der Waals surface area contributed by atoms with Crippen LogP contribution in [-0.4, -0.2) is 60.8 Å². The van der Waals surface area contributed by atoms with Crippen molar-refractivity contribution in [3.63, 3.8) is 0 Å². The van der Waals surface area contributed by atoms with Crippen LogP contribution in [0.1, 0.15) is 31.2 Å². The maximum Gasteiger partial charge on any atom is 0.573 e. The van der Waals surface area contributed by atoms with Crippen LogP contribution in [0.4, 0.5) is 19.0 Å². The van der Waals surface area contributed by atoms with Gasteiger partial charge in [-0.05, 0) is 72.1 Å². The summed E-state index contributed by atoms with van der Waals surface area (Å²) < 4.78 is 47.3. The van der Waals surface area contributed by atoms with Crippen LogP contribution in [0.3, 0.4) is 0 Å². The number of carbonyl (C=O) groups is 1. The Morgan fingerprint density at radius 3 is 2.62 bits per heavy atom. The van der Waals surface area contributed by atoms with E-state index in [1.165, 1.54) is 59.7 Å². The van der Waals surface area contributed by atoms with Crippen LogP contribution in [0, 0.1) is 11.8 Å². The van der Waals surface area contributed by atoms with Crippen LogP contribution in [0.2, 0.25) is 0 Å². The first-order chi connectivity index (χ1) is 18.8. The van der Waals surface area contributed by atoms with Crippen molar-refractivity contribution >= 4 is 39.4 Å². The Bertz CT molecular complexity index is 1290. The highest BCUT2D eigenvalue weighted by molar-refractivity contribution is 7.13. The number of alkyl halides is 3. The lowest BCUT2D eigenvalue weighted by Gasteiger charge is -2.40. The highest BCUT2D eigenvalue weighted by Crippen LogP contribution is 2.32. The number of aromatic nitrogens is 1. The third-order valence-corrected chi connectivity index (χ3v) is 8.46. The predicted octanol–water partition coefficient (Wildman–Crippen LogP) is 5.95. The number of hydrogen-bond acceptors (Lipinski definition) is 6. The number of nitrogens with zero attached hydrogens (tertiary/aromatic N) is 3. The van der Waals surface area contributed by atoms with Gasteiger partial charge in [-0.15, -0.1) is 13.2 Å². The van der Waals surface area contributed by atoms with E-state index in [0.29, 0.717) is 23.9 Å². The van der Waals surface area contributed by atoms with Gasteiger partial charge in [-0.3, -0.25) is 9.69 Å². The number of benzene rings is 2. The highest BCUT2D eigenvalue weighted by Gasteiger charge is 2.31. The van der Waals surface area contributed by atoms with E-state index >= 15 is 0 Å². The van der Waals surface area contributed by atoms with Gasteiger partial charge in [-0.1, -0.05) is 37.1 Å². The summed E-state index contributed by atoms with van der Waals surface area (Å²) in [4.78, 5) is 17.4. The topological polar surface area (TPSA) is 57.7 Å². The second-order valence-electron chi connectivity index (χ2n) is 10.3. The molecule has 2 aromatic carbocycles.